The average Bonchev–Trinajstić information content (AvgIpc) is 2.60. The molecule has 0 bridgehead atoms. The van der Waals surface area contributed by atoms with Gasteiger partial charge in [0, 0.05) is 32.4 Å². The van der Waals surface area contributed by atoms with Crippen LogP contribution in [0.1, 0.15) is 6.42 Å². The van der Waals surface area contributed by atoms with Crippen LogP contribution in [-0.2, 0) is 4.74 Å². The minimum Gasteiger partial charge on any atom is -0.495 e. The lowest BCUT2D eigenvalue weighted by molar-refractivity contribution is 0.197. The van der Waals surface area contributed by atoms with E-state index in [1.54, 1.807) is 39.7 Å². The van der Waals surface area contributed by atoms with E-state index in [9.17, 15) is 0 Å². The normalized spacial score (nSPS) is 10.3. The summed E-state index contributed by atoms with van der Waals surface area (Å²) in [6.07, 6.45) is 2.42. The Morgan fingerprint density at radius 2 is 1.92 bits per heavy atom. The van der Waals surface area contributed by atoms with E-state index in [4.69, 9.17) is 25.8 Å². The van der Waals surface area contributed by atoms with E-state index in [0.717, 1.165) is 13.0 Å². The van der Waals surface area contributed by atoms with Crippen LogP contribution >= 0.6 is 11.6 Å². The third-order valence-electron chi connectivity index (χ3n) is 3.11. The van der Waals surface area contributed by atoms with Gasteiger partial charge in [-0.1, -0.05) is 11.6 Å². The van der Waals surface area contributed by atoms with Crippen LogP contribution in [0.5, 0.6) is 11.5 Å². The van der Waals surface area contributed by atoms with E-state index >= 15 is 0 Å². The van der Waals surface area contributed by atoms with Gasteiger partial charge in [0.2, 0.25) is 5.95 Å². The number of aromatic nitrogens is 3. The van der Waals surface area contributed by atoms with Crippen LogP contribution in [-0.4, -0.2) is 49.7 Å². The van der Waals surface area contributed by atoms with Gasteiger partial charge < -0.3 is 24.8 Å². The van der Waals surface area contributed by atoms with Gasteiger partial charge in [0.05, 0.1) is 31.1 Å². The van der Waals surface area contributed by atoms with Gasteiger partial charge in [0.25, 0.3) is 0 Å². The number of anilines is 3. The second-order valence-corrected chi connectivity index (χ2v) is 5.16. The maximum atomic E-state index is 6.09. The number of halogens is 1. The fraction of sp³-hybridized carbons (Fsp3) is 0.400. The fourth-order valence-electron chi connectivity index (χ4n) is 1.95. The molecule has 0 atom stereocenters. The third-order valence-corrected chi connectivity index (χ3v) is 3.41. The van der Waals surface area contributed by atoms with Crippen molar-refractivity contribution in [3.63, 3.8) is 0 Å². The lowest BCUT2D eigenvalue weighted by atomic mass is 10.2. The fourth-order valence-corrected chi connectivity index (χ4v) is 2.18. The Morgan fingerprint density at radius 3 is 2.62 bits per heavy atom. The largest absolute Gasteiger partial charge is 0.495 e. The standard InChI is InChI=1S/C15H20ClN5O3/c1-22-6-4-5-17-14-9-18-21-15(20-14)19-11-8-12(23-2)10(16)7-13(11)24-3/h7-9H,4-6H2,1-3H3,(H2,17,19,20,21). The Labute approximate surface area is 145 Å². The van der Waals surface area contributed by atoms with E-state index in [1.807, 2.05) is 0 Å². The van der Waals surface area contributed by atoms with Crippen LogP contribution in [0.2, 0.25) is 5.02 Å². The highest BCUT2D eigenvalue weighted by Crippen LogP contribution is 2.36. The summed E-state index contributed by atoms with van der Waals surface area (Å²) in [7, 11) is 4.76. The molecular formula is C15H20ClN5O3. The predicted molar refractivity (Wildman–Crippen MR) is 92.6 cm³/mol. The van der Waals surface area contributed by atoms with Crippen molar-refractivity contribution in [2.24, 2.45) is 0 Å². The smallest absolute Gasteiger partial charge is 0.249 e. The first kappa shape index (κ1) is 18.0. The van der Waals surface area contributed by atoms with Crippen molar-refractivity contribution in [2.45, 2.75) is 6.42 Å². The Balaban J connectivity index is 2.13. The van der Waals surface area contributed by atoms with Gasteiger partial charge in [0.15, 0.2) is 5.82 Å². The Hall–Kier alpha value is -2.32. The number of rotatable bonds is 9. The molecule has 0 saturated heterocycles. The summed E-state index contributed by atoms with van der Waals surface area (Å²) in [6, 6.07) is 3.37. The topological polar surface area (TPSA) is 90.4 Å². The maximum absolute atomic E-state index is 6.09. The number of nitrogens with zero attached hydrogens (tertiary/aromatic N) is 3. The molecule has 0 aliphatic heterocycles. The van der Waals surface area contributed by atoms with E-state index in [2.05, 4.69) is 25.8 Å². The molecule has 8 nitrogen and oxygen atoms in total. The zero-order valence-electron chi connectivity index (χ0n) is 13.8. The molecule has 0 unspecified atom stereocenters. The van der Waals surface area contributed by atoms with Gasteiger partial charge in [-0.05, 0) is 6.42 Å². The molecule has 0 spiro atoms. The number of benzene rings is 1. The molecule has 1 heterocycles. The average molecular weight is 354 g/mol. The minimum absolute atomic E-state index is 0.328. The SMILES string of the molecule is COCCCNc1cnnc(Nc2cc(OC)c(Cl)cc2OC)n1. The molecule has 0 aliphatic rings. The summed E-state index contributed by atoms with van der Waals surface area (Å²) >= 11 is 6.09. The van der Waals surface area contributed by atoms with Gasteiger partial charge in [-0.3, -0.25) is 0 Å². The molecule has 0 radical (unpaired) electrons. The molecule has 2 aromatic rings. The quantitative estimate of drug-likeness (QED) is 0.665. The van der Waals surface area contributed by atoms with Crippen molar-refractivity contribution in [1.29, 1.82) is 0 Å². The predicted octanol–water partition coefficient (Wildman–Crippen LogP) is 2.73. The van der Waals surface area contributed by atoms with Crippen molar-refractivity contribution in [3.05, 3.63) is 23.4 Å². The highest BCUT2D eigenvalue weighted by molar-refractivity contribution is 6.32. The Kier molecular flexibility index (Phi) is 6.83. The van der Waals surface area contributed by atoms with Crippen LogP contribution in [0.4, 0.5) is 17.5 Å². The van der Waals surface area contributed by atoms with Gasteiger partial charge in [-0.2, -0.15) is 10.1 Å². The van der Waals surface area contributed by atoms with Gasteiger partial charge in [-0.15, -0.1) is 5.10 Å². The second kappa shape index (κ2) is 9.09. The summed E-state index contributed by atoms with van der Waals surface area (Å²) in [5, 5.41) is 14.6. The van der Waals surface area contributed by atoms with E-state index in [-0.39, 0.29) is 0 Å². The number of hydrogen-bond acceptors (Lipinski definition) is 8. The lowest BCUT2D eigenvalue weighted by Crippen LogP contribution is -2.08. The molecule has 1 aromatic heterocycles. The monoisotopic (exact) mass is 353 g/mol. The maximum Gasteiger partial charge on any atom is 0.249 e. The minimum atomic E-state index is 0.328. The van der Waals surface area contributed by atoms with Crippen LogP contribution in [0.15, 0.2) is 18.3 Å². The van der Waals surface area contributed by atoms with E-state index in [1.165, 1.54) is 0 Å². The molecule has 2 N–H and O–H groups in total. The first-order chi connectivity index (χ1) is 11.7. The molecule has 2 rings (SSSR count). The highest BCUT2D eigenvalue weighted by Gasteiger charge is 2.11. The van der Waals surface area contributed by atoms with E-state index in [0.29, 0.717) is 40.6 Å². The van der Waals surface area contributed by atoms with Crippen LogP contribution < -0.4 is 20.1 Å². The van der Waals surface area contributed by atoms with Crippen molar-refractivity contribution >= 4 is 29.1 Å². The number of hydrogen-bond donors (Lipinski definition) is 2. The third kappa shape index (κ3) is 4.84. The lowest BCUT2D eigenvalue weighted by Gasteiger charge is -2.13. The zero-order valence-corrected chi connectivity index (χ0v) is 14.6. The number of nitrogens with one attached hydrogen (secondary N) is 2. The van der Waals surface area contributed by atoms with Gasteiger partial charge in [0.1, 0.15) is 11.5 Å². The van der Waals surface area contributed by atoms with Crippen molar-refractivity contribution < 1.29 is 14.2 Å². The summed E-state index contributed by atoms with van der Waals surface area (Å²) in [5.41, 5.74) is 0.622. The molecule has 0 aliphatic carbocycles. The van der Waals surface area contributed by atoms with E-state index < -0.39 is 0 Å². The van der Waals surface area contributed by atoms with Crippen molar-refractivity contribution in [1.82, 2.24) is 15.2 Å². The van der Waals surface area contributed by atoms with Crippen molar-refractivity contribution in [2.75, 3.05) is 45.1 Å². The van der Waals surface area contributed by atoms with Crippen LogP contribution in [0, 0.1) is 0 Å². The molecule has 0 fully saturated rings. The molecule has 0 amide bonds. The van der Waals surface area contributed by atoms with Gasteiger partial charge in [-0.25, -0.2) is 0 Å². The summed E-state index contributed by atoms with van der Waals surface area (Å²) in [6.45, 7) is 1.41. The Morgan fingerprint density at radius 1 is 1.12 bits per heavy atom. The summed E-state index contributed by atoms with van der Waals surface area (Å²) in [5.74, 6) is 2.00. The molecule has 24 heavy (non-hydrogen) atoms. The van der Waals surface area contributed by atoms with Crippen molar-refractivity contribution in [3.8, 4) is 11.5 Å². The highest BCUT2D eigenvalue weighted by atomic mass is 35.5. The molecular weight excluding hydrogens is 334 g/mol. The first-order valence-electron chi connectivity index (χ1n) is 7.29. The Bertz CT molecular complexity index is 672. The molecule has 1 aromatic carbocycles. The zero-order chi connectivity index (χ0) is 17.4. The molecule has 0 saturated carbocycles. The molecule has 9 heteroatoms. The summed E-state index contributed by atoms with van der Waals surface area (Å²) < 4.78 is 15.5. The summed E-state index contributed by atoms with van der Waals surface area (Å²) in [4.78, 5) is 4.35. The first-order valence-corrected chi connectivity index (χ1v) is 7.66. The van der Waals surface area contributed by atoms with Crippen LogP contribution in [0.25, 0.3) is 0 Å². The molecule has 130 valence electrons. The number of methoxy groups -OCH3 is 3. The second-order valence-electron chi connectivity index (χ2n) is 4.75. The van der Waals surface area contributed by atoms with Gasteiger partial charge >= 0.3 is 0 Å². The van der Waals surface area contributed by atoms with Crippen LogP contribution in [0.3, 0.4) is 0 Å². The number of ether oxygens (including phenoxy) is 3.